The lowest BCUT2D eigenvalue weighted by molar-refractivity contribution is -0.184. The van der Waals surface area contributed by atoms with Crippen LogP contribution in [0, 0.1) is 5.92 Å². The molecule has 0 aliphatic carbocycles. The van der Waals surface area contributed by atoms with Crippen molar-refractivity contribution in [3.8, 4) is 0 Å². The summed E-state index contributed by atoms with van der Waals surface area (Å²) in [5, 5.41) is 0. The summed E-state index contributed by atoms with van der Waals surface area (Å²) in [6, 6.07) is 10.1. The maximum Gasteiger partial charge on any atom is 0.313 e. The molecule has 1 atom stereocenters. The minimum absolute atomic E-state index is 0.297. The van der Waals surface area contributed by atoms with Gasteiger partial charge in [0.25, 0.3) is 0 Å². The lowest BCUT2D eigenvalue weighted by Gasteiger charge is -2.39. The fourth-order valence-corrected chi connectivity index (χ4v) is 3.55. The lowest BCUT2D eigenvalue weighted by Crippen LogP contribution is -2.47. The molecule has 0 unspecified atom stereocenters. The Bertz CT molecular complexity index is 571. The summed E-state index contributed by atoms with van der Waals surface area (Å²) in [5.41, 5.74) is -0.215. The summed E-state index contributed by atoms with van der Waals surface area (Å²) in [7, 11) is 0. The summed E-state index contributed by atoms with van der Waals surface area (Å²) in [6.07, 6.45) is 3.29. The largest absolute Gasteiger partial charge is 0.458 e. The Morgan fingerprint density at radius 3 is 1.88 bits per heavy atom. The van der Waals surface area contributed by atoms with E-state index >= 15 is 0 Å². The highest BCUT2D eigenvalue weighted by atomic mass is 16.6. The Morgan fingerprint density at radius 1 is 0.923 bits per heavy atom. The van der Waals surface area contributed by atoms with Crippen molar-refractivity contribution in [2.45, 2.75) is 84.8 Å². The van der Waals surface area contributed by atoms with E-state index in [-0.39, 0.29) is 11.9 Å². The molecule has 0 N–H and O–H groups in total. The second kappa shape index (κ2) is 9.75. The highest BCUT2D eigenvalue weighted by Gasteiger charge is 2.43. The van der Waals surface area contributed by atoms with Gasteiger partial charge in [-0.15, -0.1) is 0 Å². The van der Waals surface area contributed by atoms with Crippen LogP contribution in [0.3, 0.4) is 0 Å². The number of carbonyl (C=O) groups is 2. The van der Waals surface area contributed by atoms with Crippen LogP contribution in [0.25, 0.3) is 0 Å². The van der Waals surface area contributed by atoms with Crippen LogP contribution in [0.4, 0.5) is 0 Å². The minimum Gasteiger partial charge on any atom is -0.458 e. The van der Waals surface area contributed by atoms with Gasteiger partial charge >= 0.3 is 11.9 Å². The molecule has 0 bridgehead atoms. The average Bonchev–Trinajstić information content (AvgIpc) is 2.65. The molecule has 0 saturated carbocycles. The van der Waals surface area contributed by atoms with Gasteiger partial charge in [0.15, 0.2) is 0 Å². The van der Waals surface area contributed by atoms with Gasteiger partial charge < -0.3 is 9.47 Å². The molecule has 0 saturated heterocycles. The van der Waals surface area contributed by atoms with Crippen LogP contribution in [-0.4, -0.2) is 23.1 Å². The zero-order valence-electron chi connectivity index (χ0n) is 17.1. The Kier molecular flexibility index (Phi) is 8.32. The normalized spacial score (nSPS) is 13.2. The van der Waals surface area contributed by atoms with E-state index < -0.39 is 17.1 Å². The highest BCUT2D eigenvalue weighted by molar-refractivity contribution is 5.75. The Morgan fingerprint density at radius 2 is 1.46 bits per heavy atom. The maximum atomic E-state index is 13.0. The third kappa shape index (κ3) is 5.33. The third-order valence-corrected chi connectivity index (χ3v) is 5.66. The SMILES string of the molecule is CCC(CC)(Cc1ccccc1)OC(=O)[C@H](C)C(CC)(CC)OC(C)=O. The molecule has 0 heterocycles. The van der Waals surface area contributed by atoms with E-state index in [2.05, 4.69) is 12.1 Å². The average molecular weight is 363 g/mol. The Labute approximate surface area is 158 Å². The van der Waals surface area contributed by atoms with Crippen molar-refractivity contribution in [1.29, 1.82) is 0 Å². The summed E-state index contributed by atoms with van der Waals surface area (Å²) in [5.74, 6) is -1.18. The molecule has 0 fully saturated rings. The molecular weight excluding hydrogens is 328 g/mol. The first-order valence-electron chi connectivity index (χ1n) is 9.74. The van der Waals surface area contributed by atoms with Crippen molar-refractivity contribution >= 4 is 11.9 Å². The van der Waals surface area contributed by atoms with Crippen LogP contribution < -0.4 is 0 Å². The summed E-state index contributed by atoms with van der Waals surface area (Å²) in [6.45, 7) is 11.2. The van der Waals surface area contributed by atoms with Gasteiger partial charge in [0.2, 0.25) is 0 Å². The van der Waals surface area contributed by atoms with E-state index in [4.69, 9.17) is 9.47 Å². The summed E-state index contributed by atoms with van der Waals surface area (Å²) < 4.78 is 11.6. The smallest absolute Gasteiger partial charge is 0.313 e. The second-order valence-corrected chi connectivity index (χ2v) is 7.06. The molecular formula is C22H34O4. The molecule has 0 aromatic heterocycles. The molecule has 1 aromatic rings. The van der Waals surface area contributed by atoms with Gasteiger partial charge in [-0.25, -0.2) is 0 Å². The fraction of sp³-hybridized carbons (Fsp3) is 0.636. The standard InChI is InChI=1S/C22H34O4/c1-7-21(8-2,16-19-14-12-11-13-15-19)26-20(24)17(5)22(9-3,10-4)25-18(6)23/h11-15,17H,7-10,16H2,1-6H3/t17-/m0/s1. The summed E-state index contributed by atoms with van der Waals surface area (Å²) in [4.78, 5) is 24.6. The van der Waals surface area contributed by atoms with Crippen molar-refractivity contribution in [3.05, 3.63) is 35.9 Å². The van der Waals surface area contributed by atoms with Crippen molar-refractivity contribution in [2.24, 2.45) is 5.92 Å². The van der Waals surface area contributed by atoms with Crippen LogP contribution in [0.5, 0.6) is 0 Å². The molecule has 0 radical (unpaired) electrons. The molecule has 4 nitrogen and oxygen atoms in total. The van der Waals surface area contributed by atoms with E-state index in [1.54, 1.807) is 6.92 Å². The maximum absolute atomic E-state index is 13.0. The number of carbonyl (C=O) groups excluding carboxylic acids is 2. The number of hydrogen-bond acceptors (Lipinski definition) is 4. The number of rotatable bonds is 10. The van der Waals surface area contributed by atoms with E-state index in [0.717, 1.165) is 18.4 Å². The molecule has 26 heavy (non-hydrogen) atoms. The van der Waals surface area contributed by atoms with E-state index in [1.165, 1.54) is 6.92 Å². The van der Waals surface area contributed by atoms with Crippen molar-refractivity contribution in [3.63, 3.8) is 0 Å². The van der Waals surface area contributed by atoms with Gasteiger partial charge in [-0.1, -0.05) is 58.0 Å². The zero-order chi connectivity index (χ0) is 19.8. The van der Waals surface area contributed by atoms with Crippen molar-refractivity contribution in [1.82, 2.24) is 0 Å². The zero-order valence-corrected chi connectivity index (χ0v) is 17.1. The lowest BCUT2D eigenvalue weighted by atomic mass is 9.83. The number of hydrogen-bond donors (Lipinski definition) is 0. The minimum atomic E-state index is -0.817. The van der Waals surface area contributed by atoms with E-state index in [9.17, 15) is 9.59 Å². The van der Waals surface area contributed by atoms with Crippen molar-refractivity contribution < 1.29 is 19.1 Å². The molecule has 146 valence electrons. The van der Waals surface area contributed by atoms with Gasteiger partial charge in [-0.2, -0.15) is 0 Å². The predicted octanol–water partition coefficient (Wildman–Crippen LogP) is 5.09. The molecule has 4 heteroatoms. The quantitative estimate of drug-likeness (QED) is 0.544. The van der Waals surface area contributed by atoms with Crippen molar-refractivity contribution in [2.75, 3.05) is 0 Å². The van der Waals surface area contributed by atoms with Gasteiger partial charge in [-0.05, 0) is 38.2 Å². The second-order valence-electron chi connectivity index (χ2n) is 7.06. The third-order valence-electron chi connectivity index (χ3n) is 5.66. The topological polar surface area (TPSA) is 52.6 Å². The van der Waals surface area contributed by atoms with Crippen LogP contribution in [0.1, 0.15) is 72.8 Å². The first-order chi connectivity index (χ1) is 12.3. The molecule has 0 amide bonds. The first kappa shape index (κ1) is 22.2. The van der Waals surface area contributed by atoms with Gasteiger partial charge in [0, 0.05) is 13.3 Å². The van der Waals surface area contributed by atoms with Crippen LogP contribution in [-0.2, 0) is 25.5 Å². The van der Waals surface area contributed by atoms with E-state index in [0.29, 0.717) is 19.3 Å². The fourth-order valence-electron chi connectivity index (χ4n) is 3.55. The molecule has 0 aliphatic rings. The number of esters is 2. The highest BCUT2D eigenvalue weighted by Crippen LogP contribution is 2.34. The van der Waals surface area contributed by atoms with Crippen LogP contribution in [0.15, 0.2) is 30.3 Å². The van der Waals surface area contributed by atoms with Crippen LogP contribution in [0.2, 0.25) is 0 Å². The van der Waals surface area contributed by atoms with Gasteiger partial charge in [0.05, 0.1) is 5.92 Å². The predicted molar refractivity (Wildman–Crippen MR) is 104 cm³/mol. The number of benzene rings is 1. The first-order valence-corrected chi connectivity index (χ1v) is 9.74. The monoisotopic (exact) mass is 362 g/mol. The molecule has 1 aromatic carbocycles. The molecule has 1 rings (SSSR count). The Hall–Kier alpha value is -1.84. The summed E-state index contributed by atoms with van der Waals surface area (Å²) >= 11 is 0. The molecule has 0 spiro atoms. The van der Waals surface area contributed by atoms with Gasteiger partial charge in [-0.3, -0.25) is 9.59 Å². The molecule has 0 aliphatic heterocycles. The van der Waals surface area contributed by atoms with E-state index in [1.807, 2.05) is 45.9 Å². The Balaban J connectivity index is 3.02. The number of ether oxygens (including phenoxy) is 2. The van der Waals surface area contributed by atoms with Gasteiger partial charge in [0.1, 0.15) is 11.2 Å². The van der Waals surface area contributed by atoms with Crippen LogP contribution >= 0.6 is 0 Å².